The summed E-state index contributed by atoms with van der Waals surface area (Å²) >= 11 is 9.29. The summed E-state index contributed by atoms with van der Waals surface area (Å²) in [6.45, 7) is 0.661. The van der Waals surface area contributed by atoms with Gasteiger partial charge in [-0.2, -0.15) is 0 Å². The highest BCUT2D eigenvalue weighted by Crippen LogP contribution is 2.23. The Kier molecular flexibility index (Phi) is 6.49. The standard InChI is InChI=1S/C17H15BrClNO2/c18-15-11-13(8-9-16(15)19)7-4-10-20-17(21)22-12-14-5-2-1-3-6-14/h1-9,11H,10,12H2,(H,20,21). The summed E-state index contributed by atoms with van der Waals surface area (Å²) in [6, 6.07) is 15.2. The molecule has 2 aromatic carbocycles. The van der Waals surface area contributed by atoms with E-state index < -0.39 is 6.09 Å². The van der Waals surface area contributed by atoms with Gasteiger partial charge in [-0.3, -0.25) is 0 Å². The Balaban J connectivity index is 1.72. The van der Waals surface area contributed by atoms with E-state index in [1.807, 2.05) is 60.7 Å². The second-order valence-electron chi connectivity index (χ2n) is 4.52. The number of rotatable bonds is 5. The molecule has 1 amide bonds. The predicted octanol–water partition coefficient (Wildman–Crippen LogP) is 5.04. The maximum atomic E-state index is 11.5. The largest absolute Gasteiger partial charge is 0.445 e. The van der Waals surface area contributed by atoms with Crippen LogP contribution < -0.4 is 5.32 Å². The van der Waals surface area contributed by atoms with E-state index in [-0.39, 0.29) is 6.61 Å². The van der Waals surface area contributed by atoms with Crippen LogP contribution in [0, 0.1) is 0 Å². The van der Waals surface area contributed by atoms with Gasteiger partial charge < -0.3 is 10.1 Å². The van der Waals surface area contributed by atoms with Crippen LogP contribution in [0.4, 0.5) is 4.79 Å². The maximum Gasteiger partial charge on any atom is 0.407 e. The first-order valence-corrected chi connectivity index (χ1v) is 7.88. The maximum absolute atomic E-state index is 11.5. The zero-order chi connectivity index (χ0) is 15.8. The molecule has 0 aromatic heterocycles. The molecule has 0 aliphatic heterocycles. The topological polar surface area (TPSA) is 38.3 Å². The smallest absolute Gasteiger partial charge is 0.407 e. The number of hydrogen-bond donors (Lipinski definition) is 1. The van der Waals surface area contributed by atoms with Crippen molar-refractivity contribution < 1.29 is 9.53 Å². The first-order valence-electron chi connectivity index (χ1n) is 6.71. The number of alkyl carbamates (subject to hydrolysis) is 1. The quantitative estimate of drug-likeness (QED) is 0.789. The Morgan fingerprint density at radius 3 is 2.73 bits per heavy atom. The number of benzene rings is 2. The van der Waals surface area contributed by atoms with E-state index >= 15 is 0 Å². The zero-order valence-electron chi connectivity index (χ0n) is 11.8. The summed E-state index contributed by atoms with van der Waals surface area (Å²) in [7, 11) is 0. The lowest BCUT2D eigenvalue weighted by molar-refractivity contribution is 0.141. The van der Waals surface area contributed by atoms with E-state index in [2.05, 4.69) is 21.2 Å². The van der Waals surface area contributed by atoms with E-state index in [0.717, 1.165) is 15.6 Å². The fraction of sp³-hybridized carbons (Fsp3) is 0.118. The second kappa shape index (κ2) is 8.61. The first-order chi connectivity index (χ1) is 10.6. The van der Waals surface area contributed by atoms with Gasteiger partial charge in [-0.1, -0.05) is 60.2 Å². The van der Waals surface area contributed by atoms with Crippen molar-refractivity contribution in [2.24, 2.45) is 0 Å². The Morgan fingerprint density at radius 1 is 1.23 bits per heavy atom. The van der Waals surface area contributed by atoms with Crippen molar-refractivity contribution in [2.45, 2.75) is 6.61 Å². The van der Waals surface area contributed by atoms with Gasteiger partial charge in [0.25, 0.3) is 0 Å². The molecule has 0 fully saturated rings. The van der Waals surface area contributed by atoms with Gasteiger partial charge in [0.05, 0.1) is 5.02 Å². The van der Waals surface area contributed by atoms with Crippen molar-refractivity contribution in [1.29, 1.82) is 0 Å². The molecule has 0 atom stereocenters. The van der Waals surface area contributed by atoms with Crippen LogP contribution in [-0.2, 0) is 11.3 Å². The third-order valence-corrected chi connectivity index (χ3v) is 4.04. The Bertz CT molecular complexity index is 659. The SMILES string of the molecule is O=C(NCC=Cc1ccc(Cl)c(Br)c1)OCc1ccccc1. The third-order valence-electron chi connectivity index (χ3n) is 2.83. The molecule has 0 radical (unpaired) electrons. The van der Waals surface area contributed by atoms with Gasteiger partial charge >= 0.3 is 6.09 Å². The molecule has 3 nitrogen and oxygen atoms in total. The highest BCUT2D eigenvalue weighted by molar-refractivity contribution is 9.10. The minimum absolute atomic E-state index is 0.264. The van der Waals surface area contributed by atoms with Gasteiger partial charge in [0, 0.05) is 11.0 Å². The molecule has 1 N–H and O–H groups in total. The number of hydrogen-bond acceptors (Lipinski definition) is 2. The van der Waals surface area contributed by atoms with E-state index in [1.165, 1.54) is 0 Å². The molecular weight excluding hydrogens is 366 g/mol. The molecule has 0 bridgehead atoms. The molecule has 0 aliphatic carbocycles. The second-order valence-corrected chi connectivity index (χ2v) is 5.78. The number of carbonyl (C=O) groups excluding carboxylic acids is 1. The molecule has 114 valence electrons. The zero-order valence-corrected chi connectivity index (χ0v) is 14.1. The molecule has 0 saturated carbocycles. The number of carbonyl (C=O) groups is 1. The Hall–Kier alpha value is -1.78. The van der Waals surface area contributed by atoms with Crippen molar-refractivity contribution in [3.8, 4) is 0 Å². The number of amides is 1. The van der Waals surface area contributed by atoms with E-state index in [1.54, 1.807) is 0 Å². The summed E-state index contributed by atoms with van der Waals surface area (Å²) in [5.74, 6) is 0. The monoisotopic (exact) mass is 379 g/mol. The van der Waals surface area contributed by atoms with Crippen molar-refractivity contribution in [3.63, 3.8) is 0 Å². The highest BCUT2D eigenvalue weighted by atomic mass is 79.9. The van der Waals surface area contributed by atoms with Gasteiger partial charge in [0.1, 0.15) is 6.61 Å². The van der Waals surface area contributed by atoms with Gasteiger partial charge in [0.2, 0.25) is 0 Å². The fourth-order valence-corrected chi connectivity index (χ4v) is 2.24. The van der Waals surface area contributed by atoms with Crippen LogP contribution in [0.2, 0.25) is 5.02 Å². The Morgan fingerprint density at radius 2 is 2.00 bits per heavy atom. The van der Waals surface area contributed by atoms with E-state index in [4.69, 9.17) is 16.3 Å². The molecule has 0 saturated heterocycles. The Labute approximate surface area is 143 Å². The van der Waals surface area contributed by atoms with Crippen LogP contribution in [0.3, 0.4) is 0 Å². The van der Waals surface area contributed by atoms with Gasteiger partial charge in [-0.15, -0.1) is 0 Å². The van der Waals surface area contributed by atoms with Crippen LogP contribution in [0.5, 0.6) is 0 Å². The first kappa shape index (κ1) is 16.6. The molecule has 5 heteroatoms. The summed E-state index contributed by atoms with van der Waals surface area (Å²) in [5.41, 5.74) is 1.95. The lowest BCUT2D eigenvalue weighted by atomic mass is 10.2. The number of nitrogens with one attached hydrogen (secondary N) is 1. The average Bonchev–Trinajstić information content (AvgIpc) is 2.54. The lowest BCUT2D eigenvalue weighted by Crippen LogP contribution is -2.24. The molecule has 0 unspecified atom stereocenters. The molecule has 0 aliphatic rings. The normalized spacial score (nSPS) is 10.6. The highest BCUT2D eigenvalue weighted by Gasteiger charge is 2.00. The molecule has 22 heavy (non-hydrogen) atoms. The van der Waals surface area contributed by atoms with Gasteiger partial charge in [0.15, 0.2) is 0 Å². The van der Waals surface area contributed by atoms with Crippen LogP contribution in [-0.4, -0.2) is 12.6 Å². The average molecular weight is 381 g/mol. The predicted molar refractivity (Wildman–Crippen MR) is 92.8 cm³/mol. The van der Waals surface area contributed by atoms with Crippen molar-refractivity contribution >= 4 is 39.7 Å². The van der Waals surface area contributed by atoms with Crippen LogP contribution >= 0.6 is 27.5 Å². The summed E-state index contributed by atoms with van der Waals surface area (Å²) in [6.07, 6.45) is 3.31. The van der Waals surface area contributed by atoms with Crippen LogP contribution in [0.25, 0.3) is 6.08 Å². The lowest BCUT2D eigenvalue weighted by Gasteiger charge is -2.05. The molecular formula is C17H15BrClNO2. The molecule has 2 rings (SSSR count). The van der Waals surface area contributed by atoms with E-state index in [0.29, 0.717) is 11.6 Å². The van der Waals surface area contributed by atoms with Crippen LogP contribution in [0.15, 0.2) is 59.1 Å². The number of halogens is 2. The summed E-state index contributed by atoms with van der Waals surface area (Å²) in [4.78, 5) is 11.5. The van der Waals surface area contributed by atoms with Crippen molar-refractivity contribution in [3.05, 3.63) is 75.2 Å². The summed E-state index contributed by atoms with van der Waals surface area (Å²) < 4.78 is 5.95. The van der Waals surface area contributed by atoms with Crippen molar-refractivity contribution in [1.82, 2.24) is 5.32 Å². The molecule has 0 heterocycles. The minimum atomic E-state index is -0.439. The minimum Gasteiger partial charge on any atom is -0.445 e. The molecule has 2 aromatic rings. The third kappa shape index (κ3) is 5.54. The molecule has 0 spiro atoms. The van der Waals surface area contributed by atoms with Gasteiger partial charge in [-0.25, -0.2) is 4.79 Å². The fourth-order valence-electron chi connectivity index (χ4n) is 1.73. The van der Waals surface area contributed by atoms with E-state index in [9.17, 15) is 4.79 Å². The number of ether oxygens (including phenoxy) is 1. The van der Waals surface area contributed by atoms with Crippen molar-refractivity contribution in [2.75, 3.05) is 6.54 Å². The van der Waals surface area contributed by atoms with Crippen LogP contribution in [0.1, 0.15) is 11.1 Å². The van der Waals surface area contributed by atoms with Gasteiger partial charge in [-0.05, 0) is 39.2 Å². The summed E-state index contributed by atoms with van der Waals surface area (Å²) in [5, 5.41) is 3.33.